The van der Waals surface area contributed by atoms with Crippen molar-refractivity contribution in [2.24, 2.45) is 0 Å². The van der Waals surface area contributed by atoms with Crippen LogP contribution in [0.15, 0.2) is 69.7 Å². The molecule has 0 radical (unpaired) electrons. The Bertz CT molecular complexity index is 849. The molecule has 26 heavy (non-hydrogen) atoms. The molecule has 0 bridgehead atoms. The van der Waals surface area contributed by atoms with Gasteiger partial charge in [-0.1, -0.05) is 13.0 Å². The second-order valence-electron chi connectivity index (χ2n) is 5.80. The van der Waals surface area contributed by atoms with Crippen LogP contribution in [0.4, 0.5) is 0 Å². The number of rotatable bonds is 9. The zero-order chi connectivity index (χ0) is 18.4. The molecule has 138 valence electrons. The molecule has 0 atom stereocenters. The van der Waals surface area contributed by atoms with E-state index in [1.807, 2.05) is 24.4 Å². The third-order valence-corrected chi connectivity index (χ3v) is 6.45. The largest absolute Gasteiger partial charge is 0.494 e. The van der Waals surface area contributed by atoms with Crippen molar-refractivity contribution in [2.75, 3.05) is 6.61 Å². The molecule has 7 heteroatoms. The van der Waals surface area contributed by atoms with Crippen LogP contribution in [-0.4, -0.2) is 19.3 Å². The molecule has 2 aromatic heterocycles. The molecule has 0 aliphatic heterocycles. The molecule has 3 aromatic rings. The highest BCUT2D eigenvalue weighted by Gasteiger charge is 2.25. The van der Waals surface area contributed by atoms with Crippen LogP contribution in [0.1, 0.15) is 23.8 Å². The molecule has 0 aliphatic rings. The molecule has 0 aliphatic carbocycles. The van der Waals surface area contributed by atoms with Gasteiger partial charge in [-0.25, -0.2) is 8.42 Å². The first-order chi connectivity index (χ1) is 12.6. The van der Waals surface area contributed by atoms with Crippen LogP contribution in [0.25, 0.3) is 0 Å². The van der Waals surface area contributed by atoms with Gasteiger partial charge in [-0.05, 0) is 48.2 Å². The number of hydrogen-bond donors (Lipinski definition) is 0. The van der Waals surface area contributed by atoms with Crippen molar-refractivity contribution in [3.8, 4) is 5.75 Å². The van der Waals surface area contributed by atoms with E-state index in [1.165, 1.54) is 15.6 Å². The first-order valence-corrected chi connectivity index (χ1v) is 10.7. The van der Waals surface area contributed by atoms with Crippen molar-refractivity contribution in [1.29, 1.82) is 0 Å². The summed E-state index contributed by atoms with van der Waals surface area (Å²) < 4.78 is 38.4. The number of hydrogen-bond acceptors (Lipinski definition) is 5. The number of furan rings is 1. The minimum Gasteiger partial charge on any atom is -0.494 e. The van der Waals surface area contributed by atoms with Gasteiger partial charge in [-0.2, -0.15) is 4.31 Å². The van der Waals surface area contributed by atoms with Crippen molar-refractivity contribution in [2.45, 2.75) is 31.3 Å². The number of thiophene rings is 1. The van der Waals surface area contributed by atoms with Gasteiger partial charge in [-0.3, -0.25) is 0 Å². The lowest BCUT2D eigenvalue weighted by Crippen LogP contribution is -2.29. The Hall–Kier alpha value is -2.09. The highest BCUT2D eigenvalue weighted by Crippen LogP contribution is 2.24. The van der Waals surface area contributed by atoms with Crippen molar-refractivity contribution in [1.82, 2.24) is 4.31 Å². The lowest BCUT2D eigenvalue weighted by atomic mass is 10.3. The van der Waals surface area contributed by atoms with E-state index in [1.54, 1.807) is 42.9 Å². The van der Waals surface area contributed by atoms with Crippen LogP contribution in [-0.2, 0) is 23.1 Å². The Morgan fingerprint density at radius 1 is 1.12 bits per heavy atom. The summed E-state index contributed by atoms with van der Waals surface area (Å²) in [4.78, 5) is 1.24. The fourth-order valence-corrected chi connectivity index (χ4v) is 4.67. The average molecular weight is 392 g/mol. The molecule has 0 unspecified atom stereocenters. The van der Waals surface area contributed by atoms with E-state index < -0.39 is 10.0 Å². The summed E-state index contributed by atoms with van der Waals surface area (Å²) in [7, 11) is -3.65. The van der Waals surface area contributed by atoms with Gasteiger partial charge < -0.3 is 9.15 Å². The van der Waals surface area contributed by atoms with Gasteiger partial charge in [0.15, 0.2) is 0 Å². The third-order valence-electron chi connectivity index (χ3n) is 3.79. The Kier molecular flexibility index (Phi) is 6.13. The predicted octanol–water partition coefficient (Wildman–Crippen LogP) is 4.52. The van der Waals surface area contributed by atoms with E-state index in [4.69, 9.17) is 9.15 Å². The van der Waals surface area contributed by atoms with E-state index in [9.17, 15) is 8.42 Å². The molecular formula is C19H21NO4S2. The second kappa shape index (κ2) is 8.53. The van der Waals surface area contributed by atoms with Crippen LogP contribution >= 0.6 is 11.3 Å². The average Bonchev–Trinajstić information content (AvgIpc) is 3.34. The molecule has 2 heterocycles. The predicted molar refractivity (Wildman–Crippen MR) is 102 cm³/mol. The van der Waals surface area contributed by atoms with Crippen molar-refractivity contribution in [3.05, 3.63) is 70.8 Å². The molecule has 5 nitrogen and oxygen atoms in total. The summed E-state index contributed by atoms with van der Waals surface area (Å²) in [5, 5.41) is 1.94. The Morgan fingerprint density at radius 2 is 1.92 bits per heavy atom. The zero-order valence-electron chi connectivity index (χ0n) is 14.5. The number of benzene rings is 1. The minimum atomic E-state index is -3.65. The maximum atomic E-state index is 13.2. The SMILES string of the molecule is CCCOc1ccc(S(=O)(=O)N(Cc2ccoc2)Cc2cccs2)cc1. The third kappa shape index (κ3) is 4.55. The Balaban J connectivity index is 1.85. The molecule has 0 spiro atoms. The van der Waals surface area contributed by atoms with Crippen molar-refractivity contribution < 1.29 is 17.6 Å². The van der Waals surface area contributed by atoms with Gasteiger partial charge in [0, 0.05) is 23.5 Å². The van der Waals surface area contributed by atoms with E-state index >= 15 is 0 Å². The summed E-state index contributed by atoms with van der Waals surface area (Å²) >= 11 is 1.54. The Labute approximate surface area is 157 Å². The van der Waals surface area contributed by atoms with Crippen LogP contribution in [0.3, 0.4) is 0 Å². The smallest absolute Gasteiger partial charge is 0.243 e. The van der Waals surface area contributed by atoms with Gasteiger partial charge in [0.25, 0.3) is 0 Å². The normalized spacial score (nSPS) is 11.8. The van der Waals surface area contributed by atoms with Crippen LogP contribution in [0.2, 0.25) is 0 Å². The quantitative estimate of drug-likeness (QED) is 0.538. The molecule has 1 aromatic carbocycles. The summed E-state index contributed by atoms with van der Waals surface area (Å²) in [5.41, 5.74) is 0.813. The zero-order valence-corrected chi connectivity index (χ0v) is 16.1. The topological polar surface area (TPSA) is 59.8 Å². The van der Waals surface area contributed by atoms with Crippen molar-refractivity contribution in [3.63, 3.8) is 0 Å². The van der Waals surface area contributed by atoms with E-state index in [-0.39, 0.29) is 11.4 Å². The highest BCUT2D eigenvalue weighted by atomic mass is 32.2. The monoisotopic (exact) mass is 391 g/mol. The minimum absolute atomic E-state index is 0.251. The van der Waals surface area contributed by atoms with Gasteiger partial charge in [0.2, 0.25) is 10.0 Å². The van der Waals surface area contributed by atoms with E-state index in [0.29, 0.717) is 18.9 Å². The van der Waals surface area contributed by atoms with Crippen LogP contribution in [0.5, 0.6) is 5.75 Å². The van der Waals surface area contributed by atoms with Gasteiger partial charge in [-0.15, -0.1) is 11.3 Å². The summed E-state index contributed by atoms with van der Waals surface area (Å²) in [6.45, 7) is 3.21. The maximum Gasteiger partial charge on any atom is 0.243 e. The van der Waals surface area contributed by atoms with Gasteiger partial charge in [0.1, 0.15) is 5.75 Å². The summed E-state index contributed by atoms with van der Waals surface area (Å²) in [6, 6.07) is 12.2. The molecule has 0 fully saturated rings. The van der Waals surface area contributed by atoms with Gasteiger partial charge >= 0.3 is 0 Å². The summed E-state index contributed by atoms with van der Waals surface area (Å²) in [5.74, 6) is 0.672. The number of ether oxygens (including phenoxy) is 1. The molecular weight excluding hydrogens is 370 g/mol. The fourth-order valence-electron chi connectivity index (χ4n) is 2.47. The molecule has 0 saturated carbocycles. The highest BCUT2D eigenvalue weighted by molar-refractivity contribution is 7.89. The van der Waals surface area contributed by atoms with E-state index in [2.05, 4.69) is 0 Å². The van der Waals surface area contributed by atoms with Crippen LogP contribution < -0.4 is 4.74 Å². The van der Waals surface area contributed by atoms with Crippen LogP contribution in [0, 0.1) is 0 Å². The second-order valence-corrected chi connectivity index (χ2v) is 8.77. The number of sulfonamides is 1. The van der Waals surface area contributed by atoms with Gasteiger partial charge in [0.05, 0.1) is 24.0 Å². The Morgan fingerprint density at radius 3 is 2.54 bits per heavy atom. The molecule has 0 saturated heterocycles. The fraction of sp³-hybridized carbons (Fsp3) is 0.263. The summed E-state index contributed by atoms with van der Waals surface area (Å²) in [6.07, 6.45) is 4.02. The molecule has 0 amide bonds. The van der Waals surface area contributed by atoms with Crippen molar-refractivity contribution >= 4 is 21.4 Å². The molecule has 3 rings (SSSR count). The number of nitrogens with zero attached hydrogens (tertiary/aromatic N) is 1. The molecule has 0 N–H and O–H groups in total. The maximum absolute atomic E-state index is 13.2. The first kappa shape index (κ1) is 18.7. The lowest BCUT2D eigenvalue weighted by Gasteiger charge is -2.21. The standard InChI is InChI=1S/C19H21NO4S2/c1-2-10-24-17-5-7-19(8-6-17)26(21,22)20(13-16-9-11-23-15-16)14-18-4-3-12-25-18/h3-9,11-12,15H,2,10,13-14H2,1H3. The first-order valence-electron chi connectivity index (χ1n) is 8.36. The van der Waals surface area contributed by atoms with E-state index in [0.717, 1.165) is 16.9 Å². The lowest BCUT2D eigenvalue weighted by molar-refractivity contribution is 0.317.